The van der Waals surface area contributed by atoms with E-state index in [1.807, 2.05) is 6.07 Å². The molecule has 0 aliphatic heterocycles. The first kappa shape index (κ1) is 10.1. The molecule has 1 aliphatic carbocycles. The van der Waals surface area contributed by atoms with Gasteiger partial charge in [0, 0.05) is 6.04 Å². The van der Waals surface area contributed by atoms with Gasteiger partial charge in [0.15, 0.2) is 5.22 Å². The second-order valence-corrected chi connectivity index (χ2v) is 4.44. The molecule has 78 valence electrons. The van der Waals surface area contributed by atoms with Crippen molar-refractivity contribution in [3.05, 3.63) is 23.1 Å². The lowest BCUT2D eigenvalue weighted by Gasteiger charge is -2.31. The summed E-state index contributed by atoms with van der Waals surface area (Å²) in [7, 11) is 0. The maximum atomic E-state index is 5.68. The summed E-state index contributed by atoms with van der Waals surface area (Å²) in [5.41, 5.74) is 0. The minimum absolute atomic E-state index is 0.470. The van der Waals surface area contributed by atoms with Crippen LogP contribution >= 0.6 is 11.6 Å². The van der Waals surface area contributed by atoms with E-state index < -0.39 is 0 Å². The van der Waals surface area contributed by atoms with E-state index in [9.17, 15) is 0 Å². The second kappa shape index (κ2) is 4.37. The molecule has 14 heavy (non-hydrogen) atoms. The van der Waals surface area contributed by atoms with Gasteiger partial charge in [0.2, 0.25) is 0 Å². The SMILES string of the molecule is CC(NCc1ccc(Cl)o1)C1CCC1. The molecule has 1 unspecified atom stereocenters. The molecule has 1 N–H and O–H groups in total. The predicted molar refractivity (Wildman–Crippen MR) is 57.4 cm³/mol. The molecule has 0 radical (unpaired) electrons. The van der Waals surface area contributed by atoms with Crippen molar-refractivity contribution in [2.75, 3.05) is 0 Å². The van der Waals surface area contributed by atoms with Crippen molar-refractivity contribution in [3.63, 3.8) is 0 Å². The van der Waals surface area contributed by atoms with E-state index in [1.54, 1.807) is 6.07 Å². The topological polar surface area (TPSA) is 25.2 Å². The van der Waals surface area contributed by atoms with Crippen LogP contribution in [0.1, 0.15) is 31.9 Å². The highest BCUT2D eigenvalue weighted by Gasteiger charge is 2.23. The molecule has 1 aliphatic rings. The van der Waals surface area contributed by atoms with Crippen LogP contribution in [0.3, 0.4) is 0 Å². The fraction of sp³-hybridized carbons (Fsp3) is 0.636. The average molecular weight is 214 g/mol. The number of hydrogen-bond acceptors (Lipinski definition) is 2. The van der Waals surface area contributed by atoms with E-state index in [2.05, 4.69) is 12.2 Å². The Hall–Kier alpha value is -0.470. The van der Waals surface area contributed by atoms with Crippen LogP contribution in [0, 0.1) is 5.92 Å². The fourth-order valence-corrected chi connectivity index (χ4v) is 1.98. The number of rotatable bonds is 4. The Morgan fingerprint density at radius 1 is 1.57 bits per heavy atom. The van der Waals surface area contributed by atoms with Crippen LogP contribution in [0.15, 0.2) is 16.5 Å². The van der Waals surface area contributed by atoms with E-state index in [0.29, 0.717) is 11.3 Å². The van der Waals surface area contributed by atoms with Crippen LogP contribution in [0.5, 0.6) is 0 Å². The zero-order chi connectivity index (χ0) is 9.97. The van der Waals surface area contributed by atoms with Crippen LogP contribution in [0.25, 0.3) is 0 Å². The number of hydrogen-bond donors (Lipinski definition) is 1. The molecule has 2 rings (SSSR count). The van der Waals surface area contributed by atoms with E-state index >= 15 is 0 Å². The van der Waals surface area contributed by atoms with E-state index in [1.165, 1.54) is 19.3 Å². The molecule has 1 saturated carbocycles. The van der Waals surface area contributed by atoms with Gasteiger partial charge in [0.05, 0.1) is 6.54 Å². The Kier molecular flexibility index (Phi) is 3.14. The summed E-state index contributed by atoms with van der Waals surface area (Å²) in [4.78, 5) is 0. The summed E-state index contributed by atoms with van der Waals surface area (Å²) >= 11 is 5.68. The lowest BCUT2D eigenvalue weighted by molar-refractivity contribution is 0.236. The molecule has 3 heteroatoms. The molecule has 0 spiro atoms. The molecule has 0 aromatic carbocycles. The molecule has 0 amide bonds. The smallest absolute Gasteiger partial charge is 0.193 e. The normalized spacial score (nSPS) is 19.3. The Morgan fingerprint density at radius 3 is 2.86 bits per heavy atom. The summed E-state index contributed by atoms with van der Waals surface area (Å²) < 4.78 is 5.27. The standard InChI is InChI=1S/C11H16ClNO/c1-8(9-3-2-4-9)13-7-10-5-6-11(12)14-10/h5-6,8-9,13H,2-4,7H2,1H3. The summed E-state index contributed by atoms with van der Waals surface area (Å²) in [6.45, 7) is 3.03. The van der Waals surface area contributed by atoms with Gasteiger partial charge in [0.1, 0.15) is 5.76 Å². The molecule has 1 atom stereocenters. The Morgan fingerprint density at radius 2 is 2.36 bits per heavy atom. The van der Waals surface area contributed by atoms with Crippen molar-refractivity contribution in [1.82, 2.24) is 5.32 Å². The van der Waals surface area contributed by atoms with Gasteiger partial charge in [-0.2, -0.15) is 0 Å². The fourth-order valence-electron chi connectivity index (χ4n) is 1.81. The predicted octanol–water partition coefficient (Wildman–Crippen LogP) is 3.21. The zero-order valence-electron chi connectivity index (χ0n) is 8.42. The average Bonchev–Trinajstić information content (AvgIpc) is 2.45. The third-order valence-electron chi connectivity index (χ3n) is 3.08. The van der Waals surface area contributed by atoms with Gasteiger partial charge in [-0.3, -0.25) is 0 Å². The van der Waals surface area contributed by atoms with E-state index in [-0.39, 0.29) is 0 Å². The van der Waals surface area contributed by atoms with Gasteiger partial charge in [0.25, 0.3) is 0 Å². The Labute approximate surface area is 89.6 Å². The van der Waals surface area contributed by atoms with Crippen molar-refractivity contribution < 1.29 is 4.42 Å². The van der Waals surface area contributed by atoms with Crippen molar-refractivity contribution in [2.24, 2.45) is 5.92 Å². The molecule has 2 nitrogen and oxygen atoms in total. The maximum absolute atomic E-state index is 5.68. The highest BCUT2D eigenvalue weighted by Crippen LogP contribution is 2.29. The van der Waals surface area contributed by atoms with Crippen molar-refractivity contribution in [2.45, 2.75) is 38.8 Å². The number of furan rings is 1. The third kappa shape index (κ3) is 2.31. The first-order chi connectivity index (χ1) is 6.75. The first-order valence-corrected chi connectivity index (χ1v) is 5.61. The van der Waals surface area contributed by atoms with Gasteiger partial charge in [-0.05, 0) is 49.4 Å². The minimum Gasteiger partial charge on any atom is -0.448 e. The molecular formula is C11H16ClNO. The number of halogens is 1. The molecule has 1 aromatic heterocycles. The van der Waals surface area contributed by atoms with Gasteiger partial charge in [-0.15, -0.1) is 0 Å². The Balaban J connectivity index is 1.76. The van der Waals surface area contributed by atoms with Gasteiger partial charge in [-0.25, -0.2) is 0 Å². The lowest BCUT2D eigenvalue weighted by Crippen LogP contribution is -2.36. The van der Waals surface area contributed by atoms with Crippen LogP contribution in [0.4, 0.5) is 0 Å². The van der Waals surface area contributed by atoms with Crippen LogP contribution < -0.4 is 5.32 Å². The summed E-state index contributed by atoms with van der Waals surface area (Å²) in [5.74, 6) is 1.78. The Bertz CT molecular complexity index is 293. The molecule has 0 bridgehead atoms. The second-order valence-electron chi connectivity index (χ2n) is 4.07. The quantitative estimate of drug-likeness (QED) is 0.831. The molecular weight excluding hydrogens is 198 g/mol. The molecule has 0 saturated heterocycles. The summed E-state index contributed by atoms with van der Waals surface area (Å²) in [6.07, 6.45) is 4.13. The maximum Gasteiger partial charge on any atom is 0.193 e. The van der Waals surface area contributed by atoms with Crippen molar-refractivity contribution in [3.8, 4) is 0 Å². The first-order valence-electron chi connectivity index (χ1n) is 5.23. The van der Waals surface area contributed by atoms with Crippen LogP contribution in [-0.4, -0.2) is 6.04 Å². The molecule has 1 aromatic rings. The van der Waals surface area contributed by atoms with Crippen molar-refractivity contribution >= 4 is 11.6 Å². The van der Waals surface area contributed by atoms with E-state index in [4.69, 9.17) is 16.0 Å². The molecule has 1 fully saturated rings. The largest absolute Gasteiger partial charge is 0.448 e. The zero-order valence-corrected chi connectivity index (χ0v) is 9.18. The highest BCUT2D eigenvalue weighted by molar-refractivity contribution is 6.28. The number of nitrogens with one attached hydrogen (secondary N) is 1. The lowest BCUT2D eigenvalue weighted by atomic mass is 9.80. The van der Waals surface area contributed by atoms with Gasteiger partial charge < -0.3 is 9.73 Å². The third-order valence-corrected chi connectivity index (χ3v) is 3.29. The minimum atomic E-state index is 0.470. The van der Waals surface area contributed by atoms with Crippen LogP contribution in [-0.2, 0) is 6.54 Å². The molecule has 1 heterocycles. The van der Waals surface area contributed by atoms with Gasteiger partial charge in [-0.1, -0.05) is 6.42 Å². The monoisotopic (exact) mass is 213 g/mol. The summed E-state index contributed by atoms with van der Waals surface area (Å²) in [6, 6.07) is 4.29. The summed E-state index contributed by atoms with van der Waals surface area (Å²) in [5, 5.41) is 3.93. The highest BCUT2D eigenvalue weighted by atomic mass is 35.5. The van der Waals surface area contributed by atoms with E-state index in [0.717, 1.165) is 18.2 Å². The van der Waals surface area contributed by atoms with Crippen molar-refractivity contribution in [1.29, 1.82) is 0 Å². The van der Waals surface area contributed by atoms with Gasteiger partial charge >= 0.3 is 0 Å². The van der Waals surface area contributed by atoms with Crippen LogP contribution in [0.2, 0.25) is 5.22 Å².